The molecule has 1 atom stereocenters. The number of rotatable bonds is 6. The lowest BCUT2D eigenvalue weighted by Crippen LogP contribution is -2.40. The maximum absolute atomic E-state index is 13.1. The van der Waals surface area contributed by atoms with Crippen molar-refractivity contribution in [3.8, 4) is 0 Å². The molecule has 1 aliphatic heterocycles. The minimum absolute atomic E-state index is 0.432. The van der Waals surface area contributed by atoms with Crippen LogP contribution < -0.4 is 10.6 Å². The van der Waals surface area contributed by atoms with E-state index in [1.54, 1.807) is 0 Å². The number of hydrogen-bond donors (Lipinski definition) is 2. The van der Waals surface area contributed by atoms with Gasteiger partial charge in [-0.3, -0.25) is 0 Å². The Morgan fingerprint density at radius 1 is 1.30 bits per heavy atom. The second-order valence-electron chi connectivity index (χ2n) is 5.96. The molecule has 0 amide bonds. The number of piperidine rings is 1. The van der Waals surface area contributed by atoms with Gasteiger partial charge in [-0.25, -0.2) is 8.78 Å². The number of nitrogens with one attached hydrogen (secondary N) is 2. The molecule has 1 fully saturated rings. The van der Waals surface area contributed by atoms with Crippen molar-refractivity contribution in [2.45, 2.75) is 45.1 Å². The van der Waals surface area contributed by atoms with Gasteiger partial charge >= 0.3 is 0 Å². The zero-order valence-corrected chi connectivity index (χ0v) is 14.4. The van der Waals surface area contributed by atoms with E-state index in [-0.39, 0.29) is 0 Å². The SMILES string of the molecule is CCC1CCCCN1CCCNC(=S)Nc1ccc(F)c(F)c1. The van der Waals surface area contributed by atoms with E-state index in [0.29, 0.717) is 10.8 Å². The highest BCUT2D eigenvalue weighted by atomic mass is 32.1. The molecule has 1 unspecified atom stereocenters. The summed E-state index contributed by atoms with van der Waals surface area (Å²) in [4.78, 5) is 2.57. The van der Waals surface area contributed by atoms with E-state index in [4.69, 9.17) is 12.2 Å². The van der Waals surface area contributed by atoms with Crippen LogP contribution in [0.1, 0.15) is 39.0 Å². The van der Waals surface area contributed by atoms with Crippen LogP contribution in [0.3, 0.4) is 0 Å². The van der Waals surface area contributed by atoms with Crippen molar-refractivity contribution < 1.29 is 8.78 Å². The first-order valence-electron chi connectivity index (χ1n) is 8.34. The van der Waals surface area contributed by atoms with Gasteiger partial charge in [0.2, 0.25) is 0 Å². The standard InChI is InChI=1S/C17H25F2N3S/c1-2-14-6-3-4-10-22(14)11-5-9-20-17(23)21-13-7-8-15(18)16(19)12-13/h7-8,12,14H,2-6,9-11H2,1H3,(H2,20,21,23). The molecular formula is C17H25F2N3S. The van der Waals surface area contributed by atoms with Crippen molar-refractivity contribution in [3.63, 3.8) is 0 Å². The van der Waals surface area contributed by atoms with E-state index in [9.17, 15) is 8.78 Å². The summed E-state index contributed by atoms with van der Waals surface area (Å²) >= 11 is 5.18. The van der Waals surface area contributed by atoms with Crippen molar-refractivity contribution in [2.24, 2.45) is 0 Å². The fourth-order valence-electron chi connectivity index (χ4n) is 3.05. The molecular weight excluding hydrogens is 316 g/mol. The number of anilines is 1. The summed E-state index contributed by atoms with van der Waals surface area (Å²) in [5.74, 6) is -1.74. The van der Waals surface area contributed by atoms with Crippen LogP contribution in [-0.2, 0) is 0 Å². The van der Waals surface area contributed by atoms with Gasteiger partial charge in [-0.05, 0) is 56.6 Å². The fourth-order valence-corrected chi connectivity index (χ4v) is 3.27. The predicted molar refractivity (Wildman–Crippen MR) is 94.7 cm³/mol. The summed E-state index contributed by atoms with van der Waals surface area (Å²) in [5, 5.41) is 6.42. The predicted octanol–water partition coefficient (Wildman–Crippen LogP) is 3.91. The molecule has 0 saturated carbocycles. The topological polar surface area (TPSA) is 27.3 Å². The second kappa shape index (κ2) is 9.13. The summed E-state index contributed by atoms with van der Waals surface area (Å²) in [6.07, 6.45) is 6.16. The van der Waals surface area contributed by atoms with Crippen LogP contribution >= 0.6 is 12.2 Å². The Kier molecular flexibility index (Phi) is 7.17. The molecule has 1 aliphatic rings. The summed E-state index contributed by atoms with van der Waals surface area (Å²) in [6.45, 7) is 5.28. The molecule has 1 aromatic rings. The number of benzene rings is 1. The van der Waals surface area contributed by atoms with E-state index in [0.717, 1.165) is 37.7 Å². The van der Waals surface area contributed by atoms with Gasteiger partial charge in [0.05, 0.1) is 0 Å². The van der Waals surface area contributed by atoms with E-state index in [1.807, 2.05) is 0 Å². The molecule has 2 N–H and O–H groups in total. The lowest BCUT2D eigenvalue weighted by atomic mass is 10.00. The Hall–Kier alpha value is -1.27. The summed E-state index contributed by atoms with van der Waals surface area (Å²) in [7, 11) is 0. The molecule has 23 heavy (non-hydrogen) atoms. The molecule has 6 heteroatoms. The zero-order chi connectivity index (χ0) is 16.7. The minimum atomic E-state index is -0.881. The first-order valence-corrected chi connectivity index (χ1v) is 8.75. The van der Waals surface area contributed by atoms with Crippen LogP contribution in [-0.4, -0.2) is 35.7 Å². The molecule has 0 radical (unpaired) electrons. The maximum atomic E-state index is 13.1. The van der Waals surface area contributed by atoms with Crippen molar-refractivity contribution in [2.75, 3.05) is 25.0 Å². The van der Waals surface area contributed by atoms with E-state index >= 15 is 0 Å². The molecule has 2 rings (SSSR count). The number of halogens is 2. The summed E-state index contributed by atoms with van der Waals surface area (Å²) in [6, 6.07) is 4.37. The average molecular weight is 341 g/mol. The van der Waals surface area contributed by atoms with Crippen molar-refractivity contribution in [3.05, 3.63) is 29.8 Å². The van der Waals surface area contributed by atoms with E-state index in [2.05, 4.69) is 22.5 Å². The third kappa shape index (κ3) is 5.70. The third-order valence-electron chi connectivity index (χ3n) is 4.31. The number of hydrogen-bond acceptors (Lipinski definition) is 2. The van der Waals surface area contributed by atoms with Gasteiger partial charge in [0.1, 0.15) is 0 Å². The highest BCUT2D eigenvalue weighted by molar-refractivity contribution is 7.80. The van der Waals surface area contributed by atoms with E-state index in [1.165, 1.54) is 38.3 Å². The third-order valence-corrected chi connectivity index (χ3v) is 4.55. The smallest absolute Gasteiger partial charge is 0.170 e. The lowest BCUT2D eigenvalue weighted by molar-refractivity contribution is 0.143. The van der Waals surface area contributed by atoms with Crippen LogP contribution in [0.4, 0.5) is 14.5 Å². The monoisotopic (exact) mass is 341 g/mol. The average Bonchev–Trinajstić information content (AvgIpc) is 2.55. The normalized spacial score (nSPS) is 18.7. The highest BCUT2D eigenvalue weighted by Crippen LogP contribution is 2.19. The molecule has 1 heterocycles. The van der Waals surface area contributed by atoms with Crippen LogP contribution in [0.2, 0.25) is 0 Å². The lowest BCUT2D eigenvalue weighted by Gasteiger charge is -2.35. The van der Waals surface area contributed by atoms with Crippen molar-refractivity contribution in [1.82, 2.24) is 10.2 Å². The molecule has 0 spiro atoms. The van der Waals surface area contributed by atoms with Gasteiger partial charge in [-0.2, -0.15) is 0 Å². The van der Waals surface area contributed by atoms with Gasteiger partial charge in [-0.1, -0.05) is 13.3 Å². The van der Waals surface area contributed by atoms with Crippen LogP contribution in [0.25, 0.3) is 0 Å². The molecule has 3 nitrogen and oxygen atoms in total. The number of nitrogens with zero attached hydrogens (tertiary/aromatic N) is 1. The molecule has 128 valence electrons. The van der Waals surface area contributed by atoms with Crippen molar-refractivity contribution >= 4 is 23.0 Å². The number of likely N-dealkylation sites (tertiary alicyclic amines) is 1. The summed E-state index contributed by atoms with van der Waals surface area (Å²) < 4.78 is 26.0. The number of thiocarbonyl (C=S) groups is 1. The van der Waals surface area contributed by atoms with Crippen LogP contribution in [0.15, 0.2) is 18.2 Å². The van der Waals surface area contributed by atoms with Gasteiger partial charge in [0.15, 0.2) is 16.7 Å². The molecule has 1 aromatic carbocycles. The van der Waals surface area contributed by atoms with Gasteiger partial charge < -0.3 is 15.5 Å². The summed E-state index contributed by atoms with van der Waals surface area (Å²) in [5.41, 5.74) is 0.448. The molecule has 1 saturated heterocycles. The minimum Gasteiger partial charge on any atom is -0.362 e. The molecule has 0 aliphatic carbocycles. The second-order valence-corrected chi connectivity index (χ2v) is 6.37. The zero-order valence-electron chi connectivity index (χ0n) is 13.6. The molecule has 0 aromatic heterocycles. The largest absolute Gasteiger partial charge is 0.362 e. The van der Waals surface area contributed by atoms with Gasteiger partial charge in [-0.15, -0.1) is 0 Å². The quantitative estimate of drug-likeness (QED) is 0.606. The van der Waals surface area contributed by atoms with Gasteiger partial charge in [0, 0.05) is 30.9 Å². The Bertz CT molecular complexity index is 525. The maximum Gasteiger partial charge on any atom is 0.170 e. The Balaban J connectivity index is 1.67. The Morgan fingerprint density at radius 2 is 2.13 bits per heavy atom. The molecule has 0 bridgehead atoms. The fraction of sp³-hybridized carbons (Fsp3) is 0.588. The highest BCUT2D eigenvalue weighted by Gasteiger charge is 2.19. The Labute approximate surface area is 142 Å². The first-order chi connectivity index (χ1) is 11.1. The Morgan fingerprint density at radius 3 is 2.87 bits per heavy atom. The van der Waals surface area contributed by atoms with E-state index < -0.39 is 11.6 Å². The van der Waals surface area contributed by atoms with Crippen LogP contribution in [0, 0.1) is 11.6 Å². The van der Waals surface area contributed by atoms with Crippen LogP contribution in [0.5, 0.6) is 0 Å². The van der Waals surface area contributed by atoms with Crippen molar-refractivity contribution in [1.29, 1.82) is 0 Å². The van der Waals surface area contributed by atoms with Gasteiger partial charge in [0.25, 0.3) is 0 Å². The first kappa shape index (κ1) is 18.1.